The number of halogens is 1. The minimum Gasteiger partial charge on any atom is -0.366 e. The summed E-state index contributed by atoms with van der Waals surface area (Å²) in [5.41, 5.74) is 1.55. The molecule has 100 valence electrons. The lowest BCUT2D eigenvalue weighted by Gasteiger charge is -2.28. The van der Waals surface area contributed by atoms with Crippen LogP contribution in [0.2, 0.25) is 0 Å². The summed E-state index contributed by atoms with van der Waals surface area (Å²) in [6.07, 6.45) is 1.92. The van der Waals surface area contributed by atoms with Gasteiger partial charge in [0.1, 0.15) is 5.69 Å². The van der Waals surface area contributed by atoms with Gasteiger partial charge in [0.25, 0.3) is 5.69 Å². The first-order valence-corrected chi connectivity index (χ1v) is 6.64. The molecule has 0 aliphatic heterocycles. The molecule has 1 aromatic rings. The number of alkyl halides is 1. The van der Waals surface area contributed by atoms with E-state index in [0.717, 1.165) is 18.4 Å². The van der Waals surface area contributed by atoms with Crippen LogP contribution in [-0.4, -0.2) is 18.0 Å². The third kappa shape index (κ3) is 3.13. The van der Waals surface area contributed by atoms with Crippen molar-refractivity contribution in [2.45, 2.75) is 38.6 Å². The smallest absolute Gasteiger partial charge is 0.292 e. The molecule has 1 aromatic carbocycles. The second-order valence-electron chi connectivity index (χ2n) is 4.30. The molecule has 0 aliphatic carbocycles. The highest BCUT2D eigenvalue weighted by atomic mass is 35.5. The fourth-order valence-electron chi connectivity index (χ4n) is 2.13. The van der Waals surface area contributed by atoms with E-state index in [1.807, 2.05) is 18.0 Å². The number of hydrogen-bond donors (Lipinski definition) is 0. The summed E-state index contributed by atoms with van der Waals surface area (Å²) in [7, 11) is 1.90. The van der Waals surface area contributed by atoms with Gasteiger partial charge in [-0.2, -0.15) is 0 Å². The molecule has 0 spiro atoms. The largest absolute Gasteiger partial charge is 0.366 e. The molecule has 18 heavy (non-hydrogen) atoms. The van der Waals surface area contributed by atoms with Crippen LogP contribution in [0.25, 0.3) is 0 Å². The van der Waals surface area contributed by atoms with Crippen LogP contribution in [0.15, 0.2) is 18.2 Å². The van der Waals surface area contributed by atoms with Crippen molar-refractivity contribution in [2.24, 2.45) is 0 Å². The Kier molecular flexibility index (Phi) is 5.41. The van der Waals surface area contributed by atoms with Crippen LogP contribution in [0, 0.1) is 10.1 Å². The van der Waals surface area contributed by atoms with Crippen molar-refractivity contribution in [1.29, 1.82) is 0 Å². The molecule has 0 radical (unpaired) electrons. The number of nitrogens with zero attached hydrogens (tertiary/aromatic N) is 2. The van der Waals surface area contributed by atoms with E-state index in [2.05, 4.69) is 13.8 Å². The lowest BCUT2D eigenvalue weighted by atomic mass is 10.1. The van der Waals surface area contributed by atoms with Gasteiger partial charge in [-0.15, -0.1) is 11.6 Å². The van der Waals surface area contributed by atoms with Crippen LogP contribution >= 0.6 is 11.6 Å². The third-order valence-corrected chi connectivity index (χ3v) is 3.57. The molecule has 0 saturated heterocycles. The Hall–Kier alpha value is -1.29. The van der Waals surface area contributed by atoms with E-state index >= 15 is 0 Å². The summed E-state index contributed by atoms with van der Waals surface area (Å²) in [4.78, 5) is 12.8. The Bertz CT molecular complexity index is 419. The van der Waals surface area contributed by atoms with Crippen molar-refractivity contribution in [2.75, 3.05) is 11.9 Å². The summed E-state index contributed by atoms with van der Waals surface area (Å²) in [6.45, 7) is 4.17. The first-order valence-electron chi connectivity index (χ1n) is 6.11. The molecule has 4 nitrogen and oxygen atoms in total. The van der Waals surface area contributed by atoms with E-state index in [4.69, 9.17) is 11.6 Å². The quantitative estimate of drug-likeness (QED) is 0.447. The lowest BCUT2D eigenvalue weighted by Crippen LogP contribution is -2.30. The van der Waals surface area contributed by atoms with Gasteiger partial charge < -0.3 is 4.90 Å². The van der Waals surface area contributed by atoms with Gasteiger partial charge in [-0.3, -0.25) is 10.1 Å². The van der Waals surface area contributed by atoms with Gasteiger partial charge in [0, 0.05) is 25.0 Å². The van der Waals surface area contributed by atoms with Gasteiger partial charge in [0.15, 0.2) is 0 Å². The summed E-state index contributed by atoms with van der Waals surface area (Å²) in [6, 6.07) is 5.49. The molecule has 0 atom stereocenters. The van der Waals surface area contributed by atoms with Crippen molar-refractivity contribution in [1.82, 2.24) is 0 Å². The van der Waals surface area contributed by atoms with E-state index in [0.29, 0.717) is 11.7 Å². The summed E-state index contributed by atoms with van der Waals surface area (Å²) in [5, 5.41) is 11.1. The number of nitro groups is 1. The van der Waals surface area contributed by atoms with Gasteiger partial charge >= 0.3 is 0 Å². The summed E-state index contributed by atoms with van der Waals surface area (Å²) >= 11 is 5.72. The number of rotatable bonds is 6. The zero-order valence-corrected chi connectivity index (χ0v) is 11.8. The first kappa shape index (κ1) is 14.8. The Morgan fingerprint density at radius 1 is 1.39 bits per heavy atom. The second kappa shape index (κ2) is 6.59. The predicted molar refractivity (Wildman–Crippen MR) is 75.4 cm³/mol. The molecule has 0 fully saturated rings. The van der Waals surface area contributed by atoms with Crippen molar-refractivity contribution >= 4 is 23.0 Å². The Morgan fingerprint density at radius 3 is 2.44 bits per heavy atom. The number of benzene rings is 1. The van der Waals surface area contributed by atoms with Crippen LogP contribution in [0.1, 0.15) is 32.3 Å². The van der Waals surface area contributed by atoms with E-state index in [-0.39, 0.29) is 16.5 Å². The Morgan fingerprint density at radius 2 is 2.00 bits per heavy atom. The summed E-state index contributed by atoms with van der Waals surface area (Å²) in [5.74, 6) is 0.288. The minimum atomic E-state index is -0.343. The number of anilines is 1. The molecule has 1 rings (SSSR count). The molecule has 0 aromatic heterocycles. The second-order valence-corrected chi connectivity index (χ2v) is 4.56. The molecule has 0 unspecified atom stereocenters. The van der Waals surface area contributed by atoms with Crippen molar-refractivity contribution in [3.8, 4) is 0 Å². The van der Waals surface area contributed by atoms with Crippen LogP contribution in [-0.2, 0) is 5.88 Å². The SMILES string of the molecule is CCC(CC)N(C)c1ccc(CCl)cc1[N+](=O)[O-]. The maximum Gasteiger partial charge on any atom is 0.292 e. The van der Waals surface area contributed by atoms with Gasteiger partial charge in [-0.1, -0.05) is 19.9 Å². The van der Waals surface area contributed by atoms with Crippen LogP contribution in [0.4, 0.5) is 11.4 Å². The van der Waals surface area contributed by atoms with Crippen molar-refractivity contribution in [3.63, 3.8) is 0 Å². The Labute approximate surface area is 113 Å². The van der Waals surface area contributed by atoms with Gasteiger partial charge in [-0.05, 0) is 24.5 Å². The maximum absolute atomic E-state index is 11.1. The minimum absolute atomic E-state index is 0.127. The summed E-state index contributed by atoms with van der Waals surface area (Å²) < 4.78 is 0. The van der Waals surface area contributed by atoms with Crippen molar-refractivity contribution in [3.05, 3.63) is 33.9 Å². The molecule has 5 heteroatoms. The average molecular weight is 271 g/mol. The Balaban J connectivity index is 3.18. The standard InChI is InChI=1S/C13H19ClN2O2/c1-4-11(5-2)15(3)12-7-6-10(9-14)8-13(12)16(17)18/h6-8,11H,4-5,9H2,1-3H3. The monoisotopic (exact) mass is 270 g/mol. The third-order valence-electron chi connectivity index (χ3n) is 3.26. The lowest BCUT2D eigenvalue weighted by molar-refractivity contribution is -0.384. The van der Waals surface area contributed by atoms with E-state index in [1.165, 1.54) is 0 Å². The molecule has 0 aliphatic rings. The first-order chi connectivity index (χ1) is 8.54. The van der Waals surface area contributed by atoms with Gasteiger partial charge in [-0.25, -0.2) is 0 Å². The van der Waals surface area contributed by atoms with E-state index < -0.39 is 0 Å². The van der Waals surface area contributed by atoms with Gasteiger partial charge in [0.2, 0.25) is 0 Å². The molecule has 0 N–H and O–H groups in total. The van der Waals surface area contributed by atoms with Crippen LogP contribution in [0.3, 0.4) is 0 Å². The van der Waals surface area contributed by atoms with Crippen molar-refractivity contribution < 1.29 is 4.92 Å². The van der Waals surface area contributed by atoms with E-state index in [9.17, 15) is 10.1 Å². The molecular formula is C13H19ClN2O2. The maximum atomic E-state index is 11.1. The number of nitro benzene ring substituents is 1. The molecule has 0 heterocycles. The fourth-order valence-corrected chi connectivity index (χ4v) is 2.30. The van der Waals surface area contributed by atoms with Crippen LogP contribution in [0.5, 0.6) is 0 Å². The highest BCUT2D eigenvalue weighted by molar-refractivity contribution is 6.17. The predicted octanol–water partition coefficient (Wildman–Crippen LogP) is 3.96. The zero-order valence-electron chi connectivity index (χ0n) is 11.0. The van der Waals surface area contributed by atoms with Gasteiger partial charge in [0.05, 0.1) is 4.92 Å². The normalized spacial score (nSPS) is 10.7. The topological polar surface area (TPSA) is 46.4 Å². The highest BCUT2D eigenvalue weighted by Gasteiger charge is 2.21. The zero-order chi connectivity index (χ0) is 13.7. The number of hydrogen-bond acceptors (Lipinski definition) is 3. The molecule has 0 bridgehead atoms. The highest BCUT2D eigenvalue weighted by Crippen LogP contribution is 2.31. The molecule has 0 amide bonds. The average Bonchev–Trinajstić information content (AvgIpc) is 2.39. The van der Waals surface area contributed by atoms with Crippen LogP contribution < -0.4 is 4.90 Å². The molecular weight excluding hydrogens is 252 g/mol. The van der Waals surface area contributed by atoms with E-state index in [1.54, 1.807) is 12.1 Å². The fraction of sp³-hybridized carbons (Fsp3) is 0.538. The molecule has 0 saturated carbocycles.